The predicted molar refractivity (Wildman–Crippen MR) is 35.7 cm³/mol. The van der Waals surface area contributed by atoms with E-state index in [2.05, 4.69) is 20.5 Å². The van der Waals surface area contributed by atoms with E-state index in [0.717, 1.165) is 13.1 Å². The minimum Gasteiger partial charge on any atom is -0.193 e. The van der Waals surface area contributed by atoms with Crippen LogP contribution in [0.15, 0.2) is 20.5 Å². The molecule has 0 unspecified atom stereocenters. The van der Waals surface area contributed by atoms with Gasteiger partial charge in [-0.3, -0.25) is 0 Å². The van der Waals surface area contributed by atoms with Crippen LogP contribution < -0.4 is 0 Å². The van der Waals surface area contributed by atoms with Gasteiger partial charge in [0.1, 0.15) is 0 Å². The fourth-order valence-corrected chi connectivity index (χ4v) is 0.318. The van der Waals surface area contributed by atoms with Gasteiger partial charge >= 0.3 is 0 Å². The number of nitrogens with zero attached hydrogens (tertiary/aromatic N) is 4. The van der Waals surface area contributed by atoms with Crippen molar-refractivity contribution in [1.29, 1.82) is 0 Å². The van der Waals surface area contributed by atoms with Gasteiger partial charge in [-0.05, 0) is 13.8 Å². The lowest BCUT2D eigenvalue weighted by Gasteiger charge is -1.79. The Kier molecular flexibility index (Phi) is 6.56. The van der Waals surface area contributed by atoms with E-state index in [0.29, 0.717) is 6.67 Å². The van der Waals surface area contributed by atoms with Gasteiger partial charge in [0, 0.05) is 0 Å². The van der Waals surface area contributed by atoms with E-state index in [1.807, 2.05) is 13.8 Å². The lowest BCUT2D eigenvalue weighted by atomic mass is 10.8. The monoisotopic (exact) mass is 128 g/mol. The van der Waals surface area contributed by atoms with Crippen LogP contribution in [0, 0.1) is 0 Å². The summed E-state index contributed by atoms with van der Waals surface area (Å²) in [6, 6.07) is 0. The third-order valence-electron chi connectivity index (χ3n) is 0.609. The Balaban J connectivity index is 3.08. The third-order valence-corrected chi connectivity index (χ3v) is 0.609. The molecule has 4 nitrogen and oxygen atoms in total. The number of azo groups is 2. The van der Waals surface area contributed by atoms with Gasteiger partial charge in [-0.15, -0.1) is 0 Å². The molecular weight excluding hydrogens is 116 g/mol. The van der Waals surface area contributed by atoms with Gasteiger partial charge in [-0.1, -0.05) is 0 Å². The smallest absolute Gasteiger partial charge is 0.170 e. The minimum absolute atomic E-state index is 0.377. The first-order valence-electron chi connectivity index (χ1n) is 3.08. The lowest BCUT2D eigenvalue weighted by molar-refractivity contribution is 0.818. The van der Waals surface area contributed by atoms with Crippen LogP contribution in [-0.2, 0) is 0 Å². The summed E-state index contributed by atoms with van der Waals surface area (Å²) in [5, 5.41) is 14.8. The van der Waals surface area contributed by atoms with Crippen molar-refractivity contribution >= 4 is 0 Å². The Morgan fingerprint density at radius 3 is 1.56 bits per heavy atom. The van der Waals surface area contributed by atoms with Crippen molar-refractivity contribution in [2.75, 3.05) is 19.8 Å². The Morgan fingerprint density at radius 1 is 0.778 bits per heavy atom. The second-order valence-corrected chi connectivity index (χ2v) is 1.34. The average Bonchev–Trinajstić information content (AvgIpc) is 1.89. The van der Waals surface area contributed by atoms with Gasteiger partial charge in [0.05, 0.1) is 13.1 Å². The van der Waals surface area contributed by atoms with Crippen LogP contribution in [0.3, 0.4) is 0 Å². The second kappa shape index (κ2) is 7.20. The van der Waals surface area contributed by atoms with Gasteiger partial charge in [-0.2, -0.15) is 20.5 Å². The topological polar surface area (TPSA) is 49.4 Å². The maximum Gasteiger partial charge on any atom is 0.170 e. The van der Waals surface area contributed by atoms with Crippen LogP contribution in [0.2, 0.25) is 0 Å². The van der Waals surface area contributed by atoms with Crippen LogP contribution in [0.25, 0.3) is 0 Å². The maximum absolute atomic E-state index is 3.71. The minimum atomic E-state index is 0.377. The molecular formula is C5H12N4. The average molecular weight is 128 g/mol. The van der Waals surface area contributed by atoms with E-state index in [4.69, 9.17) is 0 Å². The molecule has 0 N–H and O–H groups in total. The molecule has 0 heterocycles. The zero-order valence-electron chi connectivity index (χ0n) is 5.91. The standard InChI is InChI=1S/C5H12N4/c1-3-6-8-5-9-7-4-2/h3-5H2,1-2H3. The molecule has 0 radical (unpaired) electrons. The van der Waals surface area contributed by atoms with Crippen LogP contribution in [-0.4, -0.2) is 19.8 Å². The normalized spacial score (nSPS) is 11.8. The van der Waals surface area contributed by atoms with E-state index in [1.165, 1.54) is 0 Å². The Bertz CT molecular complexity index is 85.1. The van der Waals surface area contributed by atoms with Crippen LogP contribution >= 0.6 is 0 Å². The first-order valence-corrected chi connectivity index (χ1v) is 3.08. The molecule has 0 aromatic carbocycles. The molecule has 0 spiro atoms. The Morgan fingerprint density at radius 2 is 1.22 bits per heavy atom. The molecule has 0 amide bonds. The molecule has 0 rings (SSSR count). The highest BCUT2D eigenvalue weighted by atomic mass is 15.2. The fourth-order valence-electron chi connectivity index (χ4n) is 0.318. The van der Waals surface area contributed by atoms with Crippen LogP contribution in [0.1, 0.15) is 13.8 Å². The molecule has 4 heteroatoms. The van der Waals surface area contributed by atoms with Crippen LogP contribution in [0.4, 0.5) is 0 Å². The first-order chi connectivity index (χ1) is 4.41. The summed E-state index contributed by atoms with van der Waals surface area (Å²) in [5.41, 5.74) is 0. The summed E-state index contributed by atoms with van der Waals surface area (Å²) >= 11 is 0. The summed E-state index contributed by atoms with van der Waals surface area (Å²) in [6.07, 6.45) is 0. The third kappa shape index (κ3) is 7.20. The van der Waals surface area contributed by atoms with E-state index >= 15 is 0 Å². The largest absolute Gasteiger partial charge is 0.193 e. The zero-order valence-corrected chi connectivity index (χ0v) is 5.91. The maximum atomic E-state index is 3.71. The quantitative estimate of drug-likeness (QED) is 0.519. The van der Waals surface area contributed by atoms with Gasteiger partial charge < -0.3 is 0 Å². The first kappa shape index (κ1) is 8.20. The van der Waals surface area contributed by atoms with E-state index in [9.17, 15) is 0 Å². The van der Waals surface area contributed by atoms with Crippen molar-refractivity contribution in [3.8, 4) is 0 Å². The highest BCUT2D eigenvalue weighted by Crippen LogP contribution is 1.78. The van der Waals surface area contributed by atoms with Crippen molar-refractivity contribution in [2.45, 2.75) is 13.8 Å². The SMILES string of the molecule is CCN=NCN=NCC. The zero-order chi connectivity index (χ0) is 6.95. The number of hydrogen-bond acceptors (Lipinski definition) is 4. The predicted octanol–water partition coefficient (Wildman–Crippen LogP) is 1.89. The molecule has 0 aromatic heterocycles. The van der Waals surface area contributed by atoms with Crippen molar-refractivity contribution < 1.29 is 0 Å². The van der Waals surface area contributed by atoms with Gasteiger partial charge in [0.2, 0.25) is 0 Å². The molecule has 0 saturated heterocycles. The van der Waals surface area contributed by atoms with E-state index < -0.39 is 0 Å². The molecule has 0 bridgehead atoms. The molecule has 0 aromatic rings. The second-order valence-electron chi connectivity index (χ2n) is 1.34. The summed E-state index contributed by atoms with van der Waals surface area (Å²) in [5.74, 6) is 0. The molecule has 0 atom stereocenters. The highest BCUT2D eigenvalue weighted by Gasteiger charge is 1.69. The van der Waals surface area contributed by atoms with Gasteiger partial charge in [0.15, 0.2) is 6.67 Å². The molecule has 0 aliphatic heterocycles. The lowest BCUT2D eigenvalue weighted by Crippen LogP contribution is -1.71. The molecule has 9 heavy (non-hydrogen) atoms. The van der Waals surface area contributed by atoms with Gasteiger partial charge in [-0.25, -0.2) is 0 Å². The van der Waals surface area contributed by atoms with E-state index in [1.54, 1.807) is 0 Å². The molecule has 0 aliphatic carbocycles. The van der Waals surface area contributed by atoms with Crippen LogP contribution in [0.5, 0.6) is 0 Å². The van der Waals surface area contributed by atoms with E-state index in [-0.39, 0.29) is 0 Å². The molecule has 0 fully saturated rings. The van der Waals surface area contributed by atoms with Crippen molar-refractivity contribution in [3.05, 3.63) is 0 Å². The molecule has 52 valence electrons. The summed E-state index contributed by atoms with van der Waals surface area (Å²) in [7, 11) is 0. The summed E-state index contributed by atoms with van der Waals surface area (Å²) < 4.78 is 0. The van der Waals surface area contributed by atoms with Crippen molar-refractivity contribution in [3.63, 3.8) is 0 Å². The van der Waals surface area contributed by atoms with Crippen molar-refractivity contribution in [2.24, 2.45) is 20.5 Å². The Hall–Kier alpha value is -0.800. The summed E-state index contributed by atoms with van der Waals surface area (Å²) in [4.78, 5) is 0. The fraction of sp³-hybridized carbons (Fsp3) is 1.00. The highest BCUT2D eigenvalue weighted by molar-refractivity contribution is 4.31. The molecule has 0 aliphatic rings. The molecule has 0 saturated carbocycles. The Labute approximate surface area is 55.1 Å². The number of rotatable bonds is 4. The van der Waals surface area contributed by atoms with Gasteiger partial charge in [0.25, 0.3) is 0 Å². The number of hydrogen-bond donors (Lipinski definition) is 0. The van der Waals surface area contributed by atoms with Crippen molar-refractivity contribution in [1.82, 2.24) is 0 Å². The summed E-state index contributed by atoms with van der Waals surface area (Å²) in [6.45, 7) is 5.69.